The molecule has 2 spiro atoms. The number of hydrogen-bond acceptors (Lipinski definition) is 6. The highest BCUT2D eigenvalue weighted by Gasteiger charge is 2.74. The zero-order chi connectivity index (χ0) is 36.6. The Kier molecular flexibility index (Phi) is 8.81. The summed E-state index contributed by atoms with van der Waals surface area (Å²) >= 11 is 0. The number of Topliss-reactive ketones (excluding diaryl/α,β-unsaturated/α-hetero) is 1. The molecule has 7 nitrogen and oxygen atoms in total. The van der Waals surface area contributed by atoms with E-state index < -0.39 is 39.6 Å². The Morgan fingerprint density at radius 2 is 1.61 bits per heavy atom. The van der Waals surface area contributed by atoms with Crippen molar-refractivity contribution >= 4 is 11.7 Å². The molecule has 3 fully saturated rings. The summed E-state index contributed by atoms with van der Waals surface area (Å²) < 4.78 is 39.5. The largest absolute Gasteiger partial charge is 0.493 e. The fourth-order valence-corrected chi connectivity index (χ4v) is 11.5. The van der Waals surface area contributed by atoms with Gasteiger partial charge in [0.15, 0.2) is 28.9 Å². The van der Waals surface area contributed by atoms with Crippen molar-refractivity contribution in [3.63, 3.8) is 0 Å². The molecule has 6 aliphatic carbocycles. The number of allylic oxidation sites excluding steroid dienone is 4. The number of methoxy groups -OCH3 is 2. The van der Waals surface area contributed by atoms with Crippen LogP contribution in [0.3, 0.4) is 0 Å². The number of aliphatic hydroxyl groups excluding tert-OH is 1. The molecule has 2 aromatic carbocycles. The molecule has 8 rings (SSSR count). The molecule has 3 saturated carbocycles. The average Bonchev–Trinajstić information content (AvgIpc) is 3.38. The highest BCUT2D eigenvalue weighted by Crippen LogP contribution is 2.78. The predicted octanol–water partition coefficient (Wildman–Crippen LogP) is 7.24. The summed E-state index contributed by atoms with van der Waals surface area (Å²) in [7, 11) is 3.13. The molecule has 2 aromatic rings. The molecule has 6 aliphatic rings. The minimum Gasteiger partial charge on any atom is -0.493 e. The molecule has 0 aromatic heterocycles. The third kappa shape index (κ3) is 5.15. The second-order valence-corrected chi connectivity index (χ2v) is 16.4. The fourth-order valence-electron chi connectivity index (χ4n) is 11.5. The van der Waals surface area contributed by atoms with Crippen molar-refractivity contribution in [1.29, 1.82) is 0 Å². The normalized spacial score (nSPS) is 36.1. The van der Waals surface area contributed by atoms with Crippen LogP contribution in [-0.2, 0) is 11.2 Å². The van der Waals surface area contributed by atoms with Gasteiger partial charge in [-0.25, -0.2) is 8.78 Å². The van der Waals surface area contributed by atoms with Gasteiger partial charge in [-0.2, -0.15) is 0 Å². The van der Waals surface area contributed by atoms with Crippen LogP contribution >= 0.6 is 0 Å². The van der Waals surface area contributed by atoms with Crippen LogP contribution in [0.5, 0.6) is 11.5 Å². The number of benzene rings is 2. The van der Waals surface area contributed by atoms with Crippen LogP contribution in [-0.4, -0.2) is 65.8 Å². The van der Waals surface area contributed by atoms with Crippen molar-refractivity contribution < 1.29 is 38.1 Å². The van der Waals surface area contributed by atoms with Gasteiger partial charge in [0.1, 0.15) is 0 Å². The molecule has 51 heavy (non-hydrogen) atoms. The molecule has 9 heteroatoms. The second kappa shape index (κ2) is 12.5. The molecular formula is C42H51F2NO6. The van der Waals surface area contributed by atoms with Crippen LogP contribution in [0.25, 0.3) is 0 Å². The van der Waals surface area contributed by atoms with Gasteiger partial charge in [0, 0.05) is 40.5 Å². The Hall–Kier alpha value is -3.56. The van der Waals surface area contributed by atoms with Crippen LogP contribution in [0.2, 0.25) is 0 Å². The average molecular weight is 704 g/mol. The molecule has 2 bridgehead atoms. The van der Waals surface area contributed by atoms with Gasteiger partial charge >= 0.3 is 0 Å². The van der Waals surface area contributed by atoms with Crippen LogP contribution < -0.4 is 9.47 Å². The first-order valence-corrected chi connectivity index (χ1v) is 18.5. The molecule has 0 saturated heterocycles. The summed E-state index contributed by atoms with van der Waals surface area (Å²) in [5.41, 5.74) is -1.95. The summed E-state index contributed by atoms with van der Waals surface area (Å²) in [5, 5.41) is 23.8. The quantitative estimate of drug-likeness (QED) is 0.200. The maximum atomic E-state index is 14.6. The number of carbonyl (C=O) groups excluding carboxylic acids is 2. The van der Waals surface area contributed by atoms with Crippen molar-refractivity contribution in [3.05, 3.63) is 83.0 Å². The highest BCUT2D eigenvalue weighted by atomic mass is 19.2. The van der Waals surface area contributed by atoms with Crippen LogP contribution in [0.4, 0.5) is 8.78 Å². The monoisotopic (exact) mass is 703 g/mol. The summed E-state index contributed by atoms with van der Waals surface area (Å²) in [6.07, 6.45) is 11.4. The van der Waals surface area contributed by atoms with Crippen LogP contribution in [0.15, 0.2) is 60.2 Å². The Labute approximate surface area is 299 Å². The van der Waals surface area contributed by atoms with Gasteiger partial charge in [-0.3, -0.25) is 9.59 Å². The zero-order valence-corrected chi connectivity index (χ0v) is 30.4. The Balaban J connectivity index is 1.26. The fraction of sp³-hybridized carbons (Fsp3) is 0.571. The van der Waals surface area contributed by atoms with Gasteiger partial charge in [0.25, 0.3) is 0 Å². The Morgan fingerprint density at radius 1 is 0.902 bits per heavy atom. The summed E-state index contributed by atoms with van der Waals surface area (Å²) in [6, 6.07) is 8.80. The van der Waals surface area contributed by atoms with Crippen molar-refractivity contribution in [2.24, 2.45) is 33.5 Å². The standard InChI is InChI=1S/C42H51F2NO6/c1-6-19-45(36(47)21-26-7-10-32(50-4)33(20-26)51-5)25-41(49)16-13-35-39(41,3)15-12-34-38(2)14-11-28(46)23-40(38)17-18-42(34,35)29(24-40)37(48)27-8-9-30(43)31(44)22-27/h7-10,17-18,20,22,24,28,34-35,46,49H,6,11-16,19,21,23,25H2,1-5H3/t28?,34-,35-,38-,39+,40+,41-,42-/m1/s1. The minimum atomic E-state index is -1.22. The smallest absolute Gasteiger partial charge is 0.227 e. The minimum absolute atomic E-state index is 0.0515. The van der Waals surface area contributed by atoms with Crippen molar-refractivity contribution in [3.8, 4) is 11.5 Å². The first kappa shape index (κ1) is 35.8. The molecule has 8 atom stereocenters. The maximum Gasteiger partial charge on any atom is 0.227 e. The van der Waals surface area contributed by atoms with E-state index in [-0.39, 0.29) is 47.5 Å². The molecule has 274 valence electrons. The van der Waals surface area contributed by atoms with E-state index in [0.29, 0.717) is 49.3 Å². The highest BCUT2D eigenvalue weighted by molar-refractivity contribution is 6.10. The number of nitrogens with zero attached hydrogens (tertiary/aromatic N) is 1. The number of halogens is 2. The van der Waals surface area contributed by atoms with Gasteiger partial charge in [-0.1, -0.05) is 45.1 Å². The van der Waals surface area contributed by atoms with Crippen molar-refractivity contribution in [1.82, 2.24) is 4.90 Å². The van der Waals surface area contributed by atoms with Crippen molar-refractivity contribution in [2.45, 2.75) is 90.3 Å². The van der Waals surface area contributed by atoms with Crippen molar-refractivity contribution in [2.75, 3.05) is 27.3 Å². The summed E-state index contributed by atoms with van der Waals surface area (Å²) in [5.74, 6) is -1.45. The predicted molar refractivity (Wildman–Crippen MR) is 189 cm³/mol. The first-order valence-electron chi connectivity index (χ1n) is 18.5. The number of hydrogen-bond donors (Lipinski definition) is 2. The number of fused-ring (bicyclic) bond motifs is 1. The number of aliphatic hydroxyl groups is 2. The zero-order valence-electron chi connectivity index (χ0n) is 30.4. The molecule has 2 N–H and O–H groups in total. The van der Waals surface area contributed by atoms with Gasteiger partial charge in [0.05, 0.1) is 32.3 Å². The van der Waals surface area contributed by atoms with E-state index in [1.54, 1.807) is 25.2 Å². The molecule has 0 radical (unpaired) electrons. The lowest BCUT2D eigenvalue weighted by molar-refractivity contribution is -0.178. The van der Waals surface area contributed by atoms with E-state index in [1.165, 1.54) is 6.07 Å². The number of ketones is 1. The number of ether oxygens (including phenoxy) is 2. The van der Waals surface area contributed by atoms with E-state index in [9.17, 15) is 28.6 Å². The third-order valence-corrected chi connectivity index (χ3v) is 14.2. The Morgan fingerprint density at radius 3 is 2.31 bits per heavy atom. The number of rotatable bonds is 10. The lowest BCUT2D eigenvalue weighted by Crippen LogP contribution is -2.67. The van der Waals surface area contributed by atoms with E-state index in [4.69, 9.17) is 9.47 Å². The molecule has 0 heterocycles. The van der Waals surface area contributed by atoms with E-state index in [2.05, 4.69) is 32.1 Å². The summed E-state index contributed by atoms with van der Waals surface area (Å²) in [4.78, 5) is 30.4. The van der Waals surface area contributed by atoms with Crippen LogP contribution in [0, 0.1) is 45.1 Å². The van der Waals surface area contributed by atoms with Crippen LogP contribution in [0.1, 0.15) is 88.1 Å². The third-order valence-electron chi connectivity index (χ3n) is 14.2. The van der Waals surface area contributed by atoms with Gasteiger partial charge < -0.3 is 24.6 Å². The molecule has 1 unspecified atom stereocenters. The maximum absolute atomic E-state index is 14.6. The topological polar surface area (TPSA) is 96.3 Å². The molecule has 1 amide bonds. The van der Waals surface area contributed by atoms with Gasteiger partial charge in [-0.05, 0) is 105 Å². The second-order valence-electron chi connectivity index (χ2n) is 16.4. The van der Waals surface area contributed by atoms with Gasteiger partial charge in [-0.15, -0.1) is 0 Å². The first-order chi connectivity index (χ1) is 24.2. The van der Waals surface area contributed by atoms with E-state index in [1.807, 2.05) is 19.1 Å². The number of amides is 1. The summed E-state index contributed by atoms with van der Waals surface area (Å²) in [6.45, 7) is 7.12. The lowest BCUT2D eigenvalue weighted by Gasteiger charge is -2.71. The van der Waals surface area contributed by atoms with E-state index >= 15 is 0 Å². The number of carbonyl (C=O) groups is 2. The SMILES string of the molecule is CCCN(C[C@]1(O)CC[C@H]2[C@]34C=C[C@@]5(C=C3C(=O)c3ccc(F)c(F)c3)CC(O)CC[C@]5(C)[C@H]4CC[C@@]21C)C(=O)Cc1ccc(OC)c(OC)c1. The van der Waals surface area contributed by atoms with E-state index in [0.717, 1.165) is 43.4 Å². The Bertz CT molecular complexity index is 1810. The van der Waals surface area contributed by atoms with Gasteiger partial charge in [0.2, 0.25) is 5.91 Å². The molecule has 0 aliphatic heterocycles. The molecular weight excluding hydrogens is 652 g/mol. The lowest BCUT2D eigenvalue weighted by atomic mass is 9.32.